The number of nitrogens with zero attached hydrogens (tertiary/aromatic N) is 1. The first-order valence-corrected chi connectivity index (χ1v) is 14.1. The van der Waals surface area contributed by atoms with E-state index in [1.807, 2.05) is 59.0 Å². The molecule has 0 aliphatic heterocycles. The molecule has 0 spiro atoms. The maximum Gasteiger partial charge on any atom is 0.534 e. The number of hydrogen-bond acceptors (Lipinski definition) is 4. The number of alkyl halides is 3. The lowest BCUT2D eigenvalue weighted by Gasteiger charge is -2.41. The molecule has 0 amide bonds. The Morgan fingerprint density at radius 2 is 1.58 bits per heavy atom. The fourth-order valence-electron chi connectivity index (χ4n) is 4.90. The van der Waals surface area contributed by atoms with Gasteiger partial charge in [-0.05, 0) is 52.0 Å². The van der Waals surface area contributed by atoms with Gasteiger partial charge >= 0.3 is 15.6 Å². The average molecular weight is 500 g/mol. The molecule has 0 unspecified atom stereocenters. The van der Waals surface area contributed by atoms with Crippen molar-refractivity contribution in [3.05, 3.63) is 48.5 Å². The van der Waals surface area contributed by atoms with E-state index in [9.17, 15) is 21.6 Å². The van der Waals surface area contributed by atoms with Crippen LogP contribution in [-0.4, -0.2) is 33.7 Å². The van der Waals surface area contributed by atoms with Crippen molar-refractivity contribution in [2.24, 2.45) is 7.05 Å². The zero-order valence-electron chi connectivity index (χ0n) is 19.4. The number of fused-ring (bicyclic) bond motifs is 1. The van der Waals surface area contributed by atoms with E-state index in [0.717, 1.165) is 16.2 Å². The molecule has 0 atom stereocenters. The van der Waals surface area contributed by atoms with Crippen LogP contribution < -0.4 is 19.4 Å². The highest BCUT2D eigenvalue weighted by Gasteiger charge is 2.52. The van der Waals surface area contributed by atoms with Crippen molar-refractivity contribution >= 4 is 39.6 Å². The molecule has 0 aliphatic carbocycles. The van der Waals surface area contributed by atoms with Gasteiger partial charge in [-0.3, -0.25) is 0 Å². The monoisotopic (exact) mass is 499 g/mol. The van der Waals surface area contributed by atoms with E-state index < -0.39 is 23.7 Å². The van der Waals surface area contributed by atoms with E-state index >= 15 is 0 Å². The zero-order chi connectivity index (χ0) is 24.8. The number of aromatic nitrogens is 1. The molecule has 5 nitrogen and oxygen atoms in total. The Morgan fingerprint density at radius 1 is 0.970 bits per heavy atom. The third-order valence-electron chi connectivity index (χ3n) is 6.31. The van der Waals surface area contributed by atoms with Crippen LogP contribution in [0.3, 0.4) is 0 Å². The van der Waals surface area contributed by atoms with E-state index in [0.29, 0.717) is 10.9 Å². The van der Waals surface area contributed by atoms with Crippen LogP contribution in [-0.2, 0) is 17.2 Å². The topological polar surface area (TPSA) is 57.5 Å². The lowest BCUT2D eigenvalue weighted by atomic mass is 10.2. The molecule has 0 aliphatic rings. The van der Waals surface area contributed by atoms with Crippen LogP contribution in [0.2, 0.25) is 11.1 Å². The third-order valence-corrected chi connectivity index (χ3v) is 13.5. The molecule has 3 rings (SSSR count). The second-order valence-corrected chi connectivity index (χ2v) is 15.3. The van der Waals surface area contributed by atoms with Gasteiger partial charge in [0.25, 0.3) is 0 Å². The molecule has 0 saturated carbocycles. The van der Waals surface area contributed by atoms with Crippen molar-refractivity contribution in [3.63, 3.8) is 0 Å². The van der Waals surface area contributed by atoms with Gasteiger partial charge < -0.3 is 13.5 Å². The van der Waals surface area contributed by atoms with Crippen LogP contribution in [0.25, 0.3) is 10.9 Å². The lowest BCUT2D eigenvalue weighted by Crippen LogP contribution is -2.65. The highest BCUT2D eigenvalue weighted by atomic mass is 32.2. The van der Waals surface area contributed by atoms with Crippen LogP contribution in [0.4, 0.5) is 13.2 Å². The summed E-state index contributed by atoms with van der Waals surface area (Å²) in [7, 11) is -5.42. The predicted molar refractivity (Wildman–Crippen MR) is 127 cm³/mol. The molecule has 1 aromatic heterocycles. The SMILES string of the molecule is COc1ccc(OS(=O)(=O)C(F)(F)F)c([Si](c2cc3ccccc3n2C)(C(C)C)C(C)C)c1. The molecular weight excluding hydrogens is 471 g/mol. The molecule has 0 saturated heterocycles. The van der Waals surface area contributed by atoms with Crippen molar-refractivity contribution in [2.75, 3.05) is 7.11 Å². The molecular formula is C23H28F3NO4SSi. The average Bonchev–Trinajstić information content (AvgIpc) is 3.05. The summed E-state index contributed by atoms with van der Waals surface area (Å²) in [6.45, 7) is 8.08. The smallest absolute Gasteiger partial charge is 0.497 e. The van der Waals surface area contributed by atoms with Gasteiger partial charge in [-0.1, -0.05) is 45.9 Å². The van der Waals surface area contributed by atoms with Gasteiger partial charge in [-0.2, -0.15) is 21.6 Å². The molecule has 1 heterocycles. The van der Waals surface area contributed by atoms with Crippen LogP contribution in [0.1, 0.15) is 27.7 Å². The summed E-state index contributed by atoms with van der Waals surface area (Å²) in [6, 6.07) is 14.2. The quantitative estimate of drug-likeness (QED) is 0.266. The first kappa shape index (κ1) is 25.2. The van der Waals surface area contributed by atoms with Gasteiger partial charge in [-0.25, -0.2) is 0 Å². The van der Waals surface area contributed by atoms with Gasteiger partial charge in [0.05, 0.1) is 7.11 Å². The van der Waals surface area contributed by atoms with Crippen LogP contribution >= 0.6 is 0 Å². The Labute approximate surface area is 193 Å². The fourth-order valence-corrected chi connectivity index (χ4v) is 11.5. The largest absolute Gasteiger partial charge is 0.534 e. The molecule has 0 bridgehead atoms. The minimum absolute atomic E-state index is 0.0106. The summed E-state index contributed by atoms with van der Waals surface area (Å²) in [6.07, 6.45) is 0. The maximum absolute atomic E-state index is 13.2. The molecule has 10 heteroatoms. The Kier molecular flexibility index (Phi) is 6.65. The van der Waals surface area contributed by atoms with E-state index in [4.69, 9.17) is 8.92 Å². The lowest BCUT2D eigenvalue weighted by molar-refractivity contribution is -0.0499. The Hall–Kier alpha value is -2.46. The predicted octanol–water partition coefficient (Wildman–Crippen LogP) is 4.80. The van der Waals surface area contributed by atoms with Gasteiger partial charge in [0, 0.05) is 17.9 Å². The Bertz CT molecular complexity index is 1260. The van der Waals surface area contributed by atoms with E-state index in [-0.39, 0.29) is 16.8 Å². The summed E-state index contributed by atoms with van der Waals surface area (Å²) in [5, 5.41) is 2.42. The summed E-state index contributed by atoms with van der Waals surface area (Å²) in [4.78, 5) is 0. The van der Waals surface area contributed by atoms with Gasteiger partial charge in [0.1, 0.15) is 19.6 Å². The van der Waals surface area contributed by atoms with E-state index in [1.165, 1.54) is 19.2 Å². The van der Waals surface area contributed by atoms with Crippen LogP contribution in [0, 0.1) is 0 Å². The molecule has 0 N–H and O–H groups in total. The zero-order valence-corrected chi connectivity index (χ0v) is 21.2. The third kappa shape index (κ3) is 4.14. The number of hydrogen-bond donors (Lipinski definition) is 0. The van der Waals surface area contributed by atoms with Gasteiger partial charge in [0.2, 0.25) is 0 Å². The van der Waals surface area contributed by atoms with Crippen molar-refractivity contribution in [1.29, 1.82) is 0 Å². The number of rotatable bonds is 7. The van der Waals surface area contributed by atoms with Crippen LogP contribution in [0.15, 0.2) is 48.5 Å². The Balaban J connectivity index is 2.42. The number of ether oxygens (including phenoxy) is 1. The minimum atomic E-state index is -5.85. The van der Waals surface area contributed by atoms with Gasteiger partial charge in [0.15, 0.2) is 0 Å². The number of aryl methyl sites for hydroxylation is 1. The highest BCUT2D eigenvalue weighted by molar-refractivity contribution is 7.88. The molecule has 2 aromatic carbocycles. The second-order valence-electron chi connectivity index (χ2n) is 8.67. The van der Waals surface area contributed by atoms with Crippen molar-refractivity contribution in [1.82, 2.24) is 4.57 Å². The number of para-hydroxylation sites is 1. The van der Waals surface area contributed by atoms with Crippen molar-refractivity contribution in [3.8, 4) is 11.5 Å². The number of halogens is 3. The highest BCUT2D eigenvalue weighted by Crippen LogP contribution is 2.38. The van der Waals surface area contributed by atoms with E-state index in [2.05, 4.69) is 10.6 Å². The first-order chi connectivity index (χ1) is 15.3. The summed E-state index contributed by atoms with van der Waals surface area (Å²) in [5.41, 5.74) is -4.57. The maximum atomic E-state index is 13.2. The number of methoxy groups -OCH3 is 1. The molecule has 180 valence electrons. The van der Waals surface area contributed by atoms with E-state index in [1.54, 1.807) is 6.07 Å². The molecule has 3 aromatic rings. The molecule has 0 radical (unpaired) electrons. The fraction of sp³-hybridized carbons (Fsp3) is 0.391. The van der Waals surface area contributed by atoms with Crippen LogP contribution in [0.5, 0.6) is 11.5 Å². The standard InChI is InChI=1S/C23H28F3NO4SSi/c1-15(2)33(16(3)4,22-13-17-9-7-8-10-19(17)27(22)5)21-14-18(30-6)11-12-20(21)31-32(28,29)23(24,25)26/h7-16H,1-6H3. The summed E-state index contributed by atoms with van der Waals surface area (Å²) in [5.74, 6) is 0.103. The van der Waals surface area contributed by atoms with Crippen molar-refractivity contribution in [2.45, 2.75) is 44.3 Å². The first-order valence-electron chi connectivity index (χ1n) is 10.5. The van der Waals surface area contributed by atoms with Gasteiger partial charge in [-0.15, -0.1) is 0 Å². The summed E-state index contributed by atoms with van der Waals surface area (Å²) < 4.78 is 75.7. The normalized spacial score (nSPS) is 13.2. The Morgan fingerprint density at radius 3 is 2.09 bits per heavy atom. The number of benzene rings is 2. The summed E-state index contributed by atoms with van der Waals surface area (Å²) >= 11 is 0. The molecule has 33 heavy (non-hydrogen) atoms. The van der Waals surface area contributed by atoms with Crippen molar-refractivity contribution < 1.29 is 30.5 Å². The molecule has 0 fully saturated rings. The minimum Gasteiger partial charge on any atom is -0.497 e. The second kappa shape index (κ2) is 8.71.